The fraction of sp³-hybridized carbons (Fsp3) is 0.250. The number of hydrogen-bond acceptors (Lipinski definition) is 5. The van der Waals surface area contributed by atoms with Gasteiger partial charge >= 0.3 is 5.97 Å². The summed E-state index contributed by atoms with van der Waals surface area (Å²) in [4.78, 5) is 39.4. The lowest BCUT2D eigenvalue weighted by Gasteiger charge is -2.18. The van der Waals surface area contributed by atoms with E-state index >= 15 is 0 Å². The topological polar surface area (TPSA) is 72.9 Å². The van der Waals surface area contributed by atoms with Crippen molar-refractivity contribution in [2.45, 2.75) is 33.3 Å². The van der Waals surface area contributed by atoms with Gasteiger partial charge in [0.05, 0.1) is 5.92 Å². The Labute approximate surface area is 209 Å². The summed E-state index contributed by atoms with van der Waals surface area (Å²) in [6, 6.07) is 19.4. The number of ketones is 1. The smallest absolute Gasteiger partial charge is 0.312 e. The first kappa shape index (κ1) is 24.5. The van der Waals surface area contributed by atoms with E-state index < -0.39 is 18.0 Å². The van der Waals surface area contributed by atoms with E-state index in [1.807, 2.05) is 32.0 Å². The van der Waals surface area contributed by atoms with Gasteiger partial charge in [0.1, 0.15) is 11.5 Å². The van der Waals surface area contributed by atoms with Crippen LogP contribution < -0.4 is 9.64 Å². The Kier molecular flexibility index (Phi) is 7.22. The number of nitrogens with zero attached hydrogens (tertiary/aromatic N) is 1. The number of benzene rings is 3. The predicted molar refractivity (Wildman–Crippen MR) is 134 cm³/mol. The summed E-state index contributed by atoms with van der Waals surface area (Å²) in [5, 5.41) is 0.514. The van der Waals surface area contributed by atoms with Crippen molar-refractivity contribution in [1.29, 1.82) is 0 Å². The van der Waals surface area contributed by atoms with Gasteiger partial charge in [-0.25, -0.2) is 0 Å². The van der Waals surface area contributed by atoms with E-state index in [2.05, 4.69) is 0 Å². The molecule has 0 saturated carbocycles. The third kappa shape index (κ3) is 5.72. The molecule has 0 unspecified atom stereocenters. The number of aryl methyl sites for hydroxylation is 2. The van der Waals surface area contributed by atoms with Gasteiger partial charge in [-0.2, -0.15) is 0 Å². The van der Waals surface area contributed by atoms with Crippen LogP contribution in [0.15, 0.2) is 66.7 Å². The Hall–Kier alpha value is -3.64. The normalized spacial score (nSPS) is 16.2. The zero-order valence-corrected chi connectivity index (χ0v) is 20.5. The maximum atomic E-state index is 12.7. The van der Waals surface area contributed by atoms with Crippen LogP contribution in [-0.2, 0) is 14.3 Å². The molecule has 0 aliphatic carbocycles. The van der Waals surface area contributed by atoms with Crippen molar-refractivity contribution in [2.75, 3.05) is 11.4 Å². The number of amides is 1. The van der Waals surface area contributed by atoms with Crippen molar-refractivity contribution in [3.8, 4) is 11.5 Å². The molecule has 1 amide bonds. The van der Waals surface area contributed by atoms with Crippen LogP contribution in [-0.4, -0.2) is 30.3 Å². The van der Waals surface area contributed by atoms with Gasteiger partial charge in [-0.1, -0.05) is 17.7 Å². The van der Waals surface area contributed by atoms with Crippen molar-refractivity contribution in [1.82, 2.24) is 0 Å². The highest BCUT2D eigenvalue weighted by atomic mass is 35.5. The number of ether oxygens (including phenoxy) is 2. The summed E-state index contributed by atoms with van der Waals surface area (Å²) in [5.41, 5.74) is 3.41. The molecule has 7 heteroatoms. The lowest BCUT2D eigenvalue weighted by Crippen LogP contribution is -2.30. The van der Waals surface area contributed by atoms with Crippen LogP contribution in [0.1, 0.15) is 34.8 Å². The quantitative estimate of drug-likeness (QED) is 0.303. The minimum atomic E-state index is -0.963. The summed E-state index contributed by atoms with van der Waals surface area (Å²) in [7, 11) is 0. The molecule has 3 aromatic rings. The zero-order chi connectivity index (χ0) is 25.1. The average Bonchev–Trinajstić information content (AvgIpc) is 3.23. The van der Waals surface area contributed by atoms with Crippen molar-refractivity contribution < 1.29 is 23.9 Å². The van der Waals surface area contributed by atoms with Gasteiger partial charge in [0, 0.05) is 29.2 Å². The highest BCUT2D eigenvalue weighted by Crippen LogP contribution is 2.30. The van der Waals surface area contributed by atoms with Gasteiger partial charge in [-0.05, 0) is 92.6 Å². The second-order valence-electron chi connectivity index (χ2n) is 8.70. The highest BCUT2D eigenvalue weighted by molar-refractivity contribution is 6.30. The molecule has 1 heterocycles. The standard InChI is InChI=1S/C28H26ClNO5/c1-17-4-11-25(14-18(17)2)35-24-12-9-23(10-13-24)30-16-21(15-26(30)31)28(33)34-19(3)27(32)20-5-7-22(29)8-6-20/h4-14,19,21H,15-16H2,1-3H3/t19-,21+/m0/s1. The van der Waals surface area contributed by atoms with Gasteiger partial charge in [0.15, 0.2) is 6.10 Å². The summed E-state index contributed by atoms with van der Waals surface area (Å²) in [6.45, 7) is 5.79. The maximum absolute atomic E-state index is 12.7. The van der Waals surface area contributed by atoms with E-state index in [-0.39, 0.29) is 24.7 Å². The van der Waals surface area contributed by atoms with Crippen LogP contribution in [0, 0.1) is 19.8 Å². The molecule has 2 atom stereocenters. The number of rotatable bonds is 7. The molecule has 0 bridgehead atoms. The van der Waals surface area contributed by atoms with Crippen molar-refractivity contribution in [3.05, 3.63) is 88.4 Å². The highest BCUT2D eigenvalue weighted by Gasteiger charge is 2.37. The van der Waals surface area contributed by atoms with E-state index in [1.54, 1.807) is 53.4 Å². The molecule has 4 rings (SSSR count). The predicted octanol–water partition coefficient (Wildman–Crippen LogP) is 5.92. The van der Waals surface area contributed by atoms with E-state index in [9.17, 15) is 14.4 Å². The summed E-state index contributed by atoms with van der Waals surface area (Å²) in [6.07, 6.45) is -0.934. The number of esters is 1. The molecule has 35 heavy (non-hydrogen) atoms. The number of hydrogen-bond donors (Lipinski definition) is 0. The molecule has 1 saturated heterocycles. The van der Waals surface area contributed by atoms with E-state index in [0.29, 0.717) is 22.0 Å². The van der Waals surface area contributed by atoms with Crippen LogP contribution in [0.2, 0.25) is 5.02 Å². The zero-order valence-electron chi connectivity index (χ0n) is 19.8. The van der Waals surface area contributed by atoms with Crippen molar-refractivity contribution >= 4 is 34.9 Å². The molecule has 6 nitrogen and oxygen atoms in total. The molecule has 180 valence electrons. The average molecular weight is 492 g/mol. The third-order valence-corrected chi connectivity index (χ3v) is 6.36. The molecule has 0 N–H and O–H groups in total. The van der Waals surface area contributed by atoms with E-state index in [1.165, 1.54) is 12.5 Å². The van der Waals surface area contributed by atoms with Crippen LogP contribution in [0.3, 0.4) is 0 Å². The number of Topliss-reactive ketones (excluding diaryl/α,β-unsaturated/α-hetero) is 1. The minimum Gasteiger partial charge on any atom is -0.457 e. The molecule has 0 spiro atoms. The third-order valence-electron chi connectivity index (χ3n) is 6.11. The van der Waals surface area contributed by atoms with Gasteiger partial charge in [0.25, 0.3) is 0 Å². The summed E-state index contributed by atoms with van der Waals surface area (Å²) < 4.78 is 11.3. The molecule has 0 aromatic heterocycles. The molecule has 1 aliphatic heterocycles. The molecule has 0 radical (unpaired) electrons. The first-order valence-corrected chi connectivity index (χ1v) is 11.7. The Balaban J connectivity index is 1.36. The van der Waals surface area contributed by atoms with Crippen LogP contribution in [0.25, 0.3) is 0 Å². The maximum Gasteiger partial charge on any atom is 0.312 e. The van der Waals surface area contributed by atoms with Gasteiger partial charge in [0.2, 0.25) is 11.7 Å². The molecule has 1 aliphatic rings. The molecular weight excluding hydrogens is 466 g/mol. The van der Waals surface area contributed by atoms with Gasteiger partial charge in [-0.3, -0.25) is 14.4 Å². The summed E-state index contributed by atoms with van der Waals surface area (Å²) >= 11 is 5.86. The van der Waals surface area contributed by atoms with Crippen molar-refractivity contribution in [2.24, 2.45) is 5.92 Å². The van der Waals surface area contributed by atoms with E-state index in [0.717, 1.165) is 11.3 Å². The minimum absolute atomic E-state index is 0.0293. The second-order valence-corrected chi connectivity index (χ2v) is 9.13. The lowest BCUT2D eigenvalue weighted by atomic mass is 10.1. The molecule has 1 fully saturated rings. The Morgan fingerprint density at radius 2 is 1.60 bits per heavy atom. The molecular formula is C28H26ClNO5. The monoisotopic (exact) mass is 491 g/mol. The number of anilines is 1. The number of carbonyl (C=O) groups excluding carboxylic acids is 3. The first-order valence-electron chi connectivity index (χ1n) is 11.4. The Morgan fingerprint density at radius 1 is 0.943 bits per heavy atom. The van der Waals surface area contributed by atoms with E-state index in [4.69, 9.17) is 21.1 Å². The van der Waals surface area contributed by atoms with Gasteiger partial charge in [-0.15, -0.1) is 0 Å². The largest absolute Gasteiger partial charge is 0.457 e. The second kappa shape index (κ2) is 10.3. The van der Waals surface area contributed by atoms with Crippen molar-refractivity contribution in [3.63, 3.8) is 0 Å². The summed E-state index contributed by atoms with van der Waals surface area (Å²) in [5.74, 6) is -0.320. The van der Waals surface area contributed by atoms with Crippen LogP contribution in [0.4, 0.5) is 5.69 Å². The SMILES string of the molecule is Cc1ccc(Oc2ccc(N3C[C@H](C(=O)O[C@@H](C)C(=O)c4ccc(Cl)cc4)CC3=O)cc2)cc1C. The fourth-order valence-corrected chi connectivity index (χ4v) is 4.02. The lowest BCUT2D eigenvalue weighted by molar-refractivity contribution is -0.151. The first-order chi connectivity index (χ1) is 16.7. The molecule has 3 aromatic carbocycles. The Morgan fingerprint density at radius 3 is 2.26 bits per heavy atom. The van der Waals surface area contributed by atoms with Crippen LogP contribution >= 0.6 is 11.6 Å². The number of halogens is 1. The van der Waals surface area contributed by atoms with Gasteiger partial charge < -0.3 is 14.4 Å². The fourth-order valence-electron chi connectivity index (χ4n) is 3.90. The van der Waals surface area contributed by atoms with Crippen LogP contribution in [0.5, 0.6) is 11.5 Å². The number of carbonyl (C=O) groups is 3. The Bertz CT molecular complexity index is 1250.